The summed E-state index contributed by atoms with van der Waals surface area (Å²) in [5.41, 5.74) is 1.61. The largest absolute Gasteiger partial charge is 0.481 e. The predicted octanol–water partition coefficient (Wildman–Crippen LogP) is 1.35. The molecule has 0 spiro atoms. The first-order valence-corrected chi connectivity index (χ1v) is 6.24. The zero-order valence-corrected chi connectivity index (χ0v) is 10.8. The van der Waals surface area contributed by atoms with E-state index in [1.807, 2.05) is 20.0 Å². The number of rotatable bonds is 5. The van der Waals surface area contributed by atoms with E-state index in [1.165, 1.54) is 11.8 Å². The average molecular weight is 268 g/mol. The zero-order chi connectivity index (χ0) is 13.1. The molecule has 7 nitrogen and oxygen atoms in total. The molecule has 0 aromatic carbocycles. The predicted molar refractivity (Wildman–Crippen MR) is 64.2 cm³/mol. The van der Waals surface area contributed by atoms with Crippen LogP contribution in [0.1, 0.15) is 12.1 Å². The maximum absolute atomic E-state index is 10.4. The van der Waals surface area contributed by atoms with Crippen LogP contribution in [0.25, 0.3) is 11.6 Å². The number of thioether (sulfide) groups is 1. The number of aliphatic carboxylic acids is 1. The summed E-state index contributed by atoms with van der Waals surface area (Å²) in [4.78, 5) is 10.4. The first kappa shape index (κ1) is 12.6. The highest BCUT2D eigenvalue weighted by Gasteiger charge is 2.13. The van der Waals surface area contributed by atoms with Crippen molar-refractivity contribution in [3.63, 3.8) is 0 Å². The Hall–Kier alpha value is -1.83. The van der Waals surface area contributed by atoms with Gasteiger partial charge in [0.05, 0.1) is 6.42 Å². The Labute approximate surface area is 107 Å². The third kappa shape index (κ3) is 2.89. The number of carboxylic acids is 1. The quantitative estimate of drug-likeness (QED) is 0.818. The van der Waals surface area contributed by atoms with Crippen molar-refractivity contribution in [3.05, 3.63) is 11.8 Å². The van der Waals surface area contributed by atoms with Gasteiger partial charge in [0.15, 0.2) is 0 Å². The van der Waals surface area contributed by atoms with Gasteiger partial charge in [0.25, 0.3) is 11.1 Å². The minimum absolute atomic E-state index is 0.0606. The van der Waals surface area contributed by atoms with E-state index in [0.717, 1.165) is 5.69 Å². The summed E-state index contributed by atoms with van der Waals surface area (Å²) in [6, 6.07) is 1.85. The molecular formula is C10H12N4O3S. The molecule has 0 aliphatic rings. The van der Waals surface area contributed by atoms with Crippen LogP contribution in [-0.2, 0) is 11.8 Å². The third-order valence-electron chi connectivity index (χ3n) is 2.28. The van der Waals surface area contributed by atoms with Crippen molar-refractivity contribution in [3.8, 4) is 11.6 Å². The fourth-order valence-corrected chi connectivity index (χ4v) is 1.95. The van der Waals surface area contributed by atoms with E-state index in [-0.39, 0.29) is 6.42 Å². The standard InChI is InChI=1S/C10H12N4O3S/c1-6-5-7(13-14(6)2)9-11-12-10(17-9)18-4-3-8(15)16/h5H,3-4H2,1-2H3,(H,15,16). The van der Waals surface area contributed by atoms with E-state index in [2.05, 4.69) is 15.3 Å². The Morgan fingerprint density at radius 2 is 2.33 bits per heavy atom. The van der Waals surface area contributed by atoms with Crippen molar-refractivity contribution in [1.82, 2.24) is 20.0 Å². The Morgan fingerprint density at radius 1 is 1.56 bits per heavy atom. The number of hydrogen-bond donors (Lipinski definition) is 1. The Balaban J connectivity index is 2.03. The number of nitrogens with zero attached hydrogens (tertiary/aromatic N) is 4. The zero-order valence-electron chi connectivity index (χ0n) is 9.95. The highest BCUT2D eigenvalue weighted by atomic mass is 32.2. The summed E-state index contributed by atoms with van der Waals surface area (Å²) in [5, 5.41) is 20.8. The monoisotopic (exact) mass is 268 g/mol. The molecule has 0 radical (unpaired) electrons. The molecule has 2 heterocycles. The van der Waals surface area contributed by atoms with E-state index in [0.29, 0.717) is 22.6 Å². The second kappa shape index (κ2) is 5.21. The van der Waals surface area contributed by atoms with Crippen LogP contribution in [0.2, 0.25) is 0 Å². The average Bonchev–Trinajstić information content (AvgIpc) is 2.87. The Bertz CT molecular complexity index is 544. The molecule has 0 amide bonds. The number of aryl methyl sites for hydroxylation is 2. The molecule has 0 fully saturated rings. The van der Waals surface area contributed by atoms with E-state index >= 15 is 0 Å². The minimum Gasteiger partial charge on any atom is -0.481 e. The summed E-state index contributed by atoms with van der Waals surface area (Å²) in [7, 11) is 1.83. The molecule has 0 atom stereocenters. The van der Waals surface area contributed by atoms with Gasteiger partial charge in [0.1, 0.15) is 5.69 Å². The molecule has 2 aromatic heterocycles. The van der Waals surface area contributed by atoms with Crippen LogP contribution < -0.4 is 0 Å². The van der Waals surface area contributed by atoms with E-state index in [9.17, 15) is 4.79 Å². The fraction of sp³-hybridized carbons (Fsp3) is 0.400. The maximum atomic E-state index is 10.4. The number of carbonyl (C=O) groups is 1. The molecule has 1 N–H and O–H groups in total. The van der Waals surface area contributed by atoms with Gasteiger partial charge in [-0.2, -0.15) is 5.10 Å². The van der Waals surface area contributed by atoms with Gasteiger partial charge in [-0.1, -0.05) is 11.8 Å². The number of carboxylic acid groups (broad SMARTS) is 1. The summed E-state index contributed by atoms with van der Waals surface area (Å²) in [5.74, 6) is -0.0998. The van der Waals surface area contributed by atoms with Crippen LogP contribution in [0.4, 0.5) is 0 Å². The molecule has 0 bridgehead atoms. The summed E-state index contributed by atoms with van der Waals surface area (Å²) in [6.45, 7) is 1.93. The van der Waals surface area contributed by atoms with Gasteiger partial charge in [0.2, 0.25) is 0 Å². The molecule has 0 unspecified atom stereocenters. The van der Waals surface area contributed by atoms with Crippen LogP contribution in [0.15, 0.2) is 15.7 Å². The normalized spacial score (nSPS) is 10.8. The van der Waals surface area contributed by atoms with Crippen LogP contribution in [0.5, 0.6) is 0 Å². The van der Waals surface area contributed by atoms with Crippen LogP contribution in [-0.4, -0.2) is 36.8 Å². The fourth-order valence-electron chi connectivity index (χ4n) is 1.26. The van der Waals surface area contributed by atoms with E-state index < -0.39 is 5.97 Å². The van der Waals surface area contributed by atoms with Gasteiger partial charge in [-0.05, 0) is 13.0 Å². The lowest BCUT2D eigenvalue weighted by Gasteiger charge is -1.91. The first-order valence-electron chi connectivity index (χ1n) is 5.25. The van der Waals surface area contributed by atoms with Gasteiger partial charge >= 0.3 is 5.97 Å². The van der Waals surface area contributed by atoms with Crippen LogP contribution in [0, 0.1) is 6.92 Å². The van der Waals surface area contributed by atoms with Crippen molar-refractivity contribution in [2.24, 2.45) is 7.05 Å². The van der Waals surface area contributed by atoms with Gasteiger partial charge in [-0.15, -0.1) is 10.2 Å². The molecule has 2 rings (SSSR count). The lowest BCUT2D eigenvalue weighted by atomic mass is 10.4. The Morgan fingerprint density at radius 3 is 2.94 bits per heavy atom. The SMILES string of the molecule is Cc1cc(-c2nnc(SCCC(=O)O)o2)nn1C. The van der Waals surface area contributed by atoms with E-state index in [1.54, 1.807) is 4.68 Å². The highest BCUT2D eigenvalue weighted by molar-refractivity contribution is 7.99. The highest BCUT2D eigenvalue weighted by Crippen LogP contribution is 2.22. The second-order valence-corrected chi connectivity index (χ2v) is 4.71. The van der Waals surface area contributed by atoms with E-state index in [4.69, 9.17) is 9.52 Å². The topological polar surface area (TPSA) is 94.0 Å². The molecule has 18 heavy (non-hydrogen) atoms. The van der Waals surface area contributed by atoms with Gasteiger partial charge in [-0.25, -0.2) is 0 Å². The first-order chi connectivity index (χ1) is 8.56. The van der Waals surface area contributed by atoms with Crippen molar-refractivity contribution in [2.45, 2.75) is 18.6 Å². The van der Waals surface area contributed by atoms with Gasteiger partial charge in [-0.3, -0.25) is 9.48 Å². The summed E-state index contributed by atoms with van der Waals surface area (Å²) < 4.78 is 7.11. The molecule has 0 aliphatic carbocycles. The lowest BCUT2D eigenvalue weighted by molar-refractivity contribution is -0.136. The smallest absolute Gasteiger partial charge is 0.304 e. The second-order valence-electron chi connectivity index (χ2n) is 3.66. The molecule has 2 aromatic rings. The molecule has 0 saturated heterocycles. The lowest BCUT2D eigenvalue weighted by Crippen LogP contribution is -1.95. The third-order valence-corrected chi connectivity index (χ3v) is 3.10. The summed E-state index contributed by atoms with van der Waals surface area (Å²) >= 11 is 1.22. The van der Waals surface area contributed by atoms with Crippen molar-refractivity contribution in [2.75, 3.05) is 5.75 Å². The maximum Gasteiger partial charge on any atom is 0.304 e. The molecule has 0 aliphatic heterocycles. The minimum atomic E-state index is -0.845. The molecular weight excluding hydrogens is 256 g/mol. The van der Waals surface area contributed by atoms with Gasteiger partial charge < -0.3 is 9.52 Å². The van der Waals surface area contributed by atoms with Crippen molar-refractivity contribution >= 4 is 17.7 Å². The number of hydrogen-bond acceptors (Lipinski definition) is 6. The molecule has 0 saturated carbocycles. The molecule has 96 valence electrons. The Kier molecular flexibility index (Phi) is 3.66. The van der Waals surface area contributed by atoms with Gasteiger partial charge in [0, 0.05) is 18.5 Å². The van der Waals surface area contributed by atoms with Crippen LogP contribution >= 0.6 is 11.8 Å². The summed E-state index contributed by atoms with van der Waals surface area (Å²) in [6.07, 6.45) is 0.0606. The van der Waals surface area contributed by atoms with Crippen molar-refractivity contribution < 1.29 is 14.3 Å². The van der Waals surface area contributed by atoms with Crippen molar-refractivity contribution in [1.29, 1.82) is 0 Å². The molecule has 8 heteroatoms. The number of aromatic nitrogens is 4. The van der Waals surface area contributed by atoms with Crippen LogP contribution in [0.3, 0.4) is 0 Å².